The first-order chi connectivity index (χ1) is 4.25. The summed E-state index contributed by atoms with van der Waals surface area (Å²) < 4.78 is 5.24. The highest BCUT2D eigenvalue weighted by Crippen LogP contribution is 2.43. The van der Waals surface area contributed by atoms with E-state index in [4.69, 9.17) is 4.74 Å². The second kappa shape index (κ2) is 2.42. The van der Waals surface area contributed by atoms with E-state index < -0.39 is 0 Å². The predicted octanol–water partition coefficient (Wildman–Crippen LogP) is 2.19. The van der Waals surface area contributed by atoms with Crippen LogP contribution in [0.4, 0.5) is 0 Å². The topological polar surface area (TPSA) is 9.23 Å². The molecule has 0 aromatic carbocycles. The Kier molecular flexibility index (Phi) is 1.79. The summed E-state index contributed by atoms with van der Waals surface area (Å²) in [5, 5.41) is 0. The fraction of sp³-hybridized carbons (Fsp3) is 0.750. The third-order valence-electron chi connectivity index (χ3n) is 1.85. The molecule has 0 aliphatic heterocycles. The summed E-state index contributed by atoms with van der Waals surface area (Å²) in [6, 6.07) is 0. The van der Waals surface area contributed by atoms with Crippen LogP contribution in [0.25, 0.3) is 0 Å². The second-order valence-corrected chi connectivity index (χ2v) is 2.72. The Morgan fingerprint density at radius 2 is 2.33 bits per heavy atom. The molecule has 0 aromatic rings. The Morgan fingerprint density at radius 3 is 2.67 bits per heavy atom. The van der Waals surface area contributed by atoms with Crippen molar-refractivity contribution < 1.29 is 4.74 Å². The van der Waals surface area contributed by atoms with E-state index in [1.165, 1.54) is 6.42 Å². The predicted molar refractivity (Wildman–Crippen MR) is 38.0 cm³/mol. The van der Waals surface area contributed by atoms with E-state index in [2.05, 4.69) is 13.5 Å². The molecule has 0 unspecified atom stereocenters. The number of allylic oxidation sites excluding steroid dienone is 1. The summed E-state index contributed by atoms with van der Waals surface area (Å²) in [4.78, 5) is 0. The van der Waals surface area contributed by atoms with Crippen LogP contribution in [0.3, 0.4) is 0 Å². The zero-order valence-electron chi connectivity index (χ0n) is 6.18. The zero-order valence-corrected chi connectivity index (χ0v) is 6.18. The smallest absolute Gasteiger partial charge is 0.0921 e. The fourth-order valence-electron chi connectivity index (χ4n) is 1.06. The molecule has 0 radical (unpaired) electrons. The third-order valence-corrected chi connectivity index (χ3v) is 1.85. The molecule has 1 aliphatic rings. The number of rotatable bonds is 3. The van der Waals surface area contributed by atoms with Crippen LogP contribution in [0, 0.1) is 11.8 Å². The number of hydrogen-bond acceptors (Lipinski definition) is 1. The van der Waals surface area contributed by atoms with Crippen molar-refractivity contribution in [2.24, 2.45) is 11.8 Å². The van der Waals surface area contributed by atoms with Crippen molar-refractivity contribution >= 4 is 0 Å². The summed E-state index contributed by atoms with van der Waals surface area (Å²) in [7, 11) is 0. The van der Waals surface area contributed by atoms with Crippen LogP contribution >= 0.6 is 0 Å². The van der Waals surface area contributed by atoms with E-state index in [1.54, 1.807) is 0 Å². The molecule has 1 saturated carbocycles. The van der Waals surface area contributed by atoms with Crippen molar-refractivity contribution in [1.29, 1.82) is 0 Å². The molecule has 0 aromatic heterocycles. The fourth-order valence-corrected chi connectivity index (χ4v) is 1.06. The lowest BCUT2D eigenvalue weighted by atomic mass is 10.3. The van der Waals surface area contributed by atoms with Crippen molar-refractivity contribution in [2.75, 3.05) is 6.61 Å². The molecule has 0 heterocycles. The van der Waals surface area contributed by atoms with Crippen molar-refractivity contribution in [3.05, 3.63) is 12.3 Å². The molecule has 9 heavy (non-hydrogen) atoms. The van der Waals surface area contributed by atoms with E-state index in [9.17, 15) is 0 Å². The van der Waals surface area contributed by atoms with E-state index >= 15 is 0 Å². The summed E-state index contributed by atoms with van der Waals surface area (Å²) >= 11 is 0. The molecule has 1 fully saturated rings. The summed E-state index contributed by atoms with van der Waals surface area (Å²) in [5.74, 6) is 2.49. The first-order valence-electron chi connectivity index (χ1n) is 3.57. The van der Waals surface area contributed by atoms with Gasteiger partial charge in [0.15, 0.2) is 0 Å². The number of ether oxygens (including phenoxy) is 1. The van der Waals surface area contributed by atoms with Crippen LogP contribution in [0.5, 0.6) is 0 Å². The maximum absolute atomic E-state index is 5.24. The lowest BCUT2D eigenvalue weighted by Gasteiger charge is -2.03. The molecule has 0 spiro atoms. The SMILES string of the molecule is C=C(OCC)[C@@H]1C[C@H]1C. The summed E-state index contributed by atoms with van der Waals surface area (Å²) in [6.45, 7) is 8.83. The first-order valence-corrected chi connectivity index (χ1v) is 3.57. The van der Waals surface area contributed by atoms with E-state index in [0.717, 1.165) is 18.3 Å². The molecular formula is C8H14O. The Balaban J connectivity index is 2.20. The maximum Gasteiger partial charge on any atom is 0.0921 e. The van der Waals surface area contributed by atoms with Gasteiger partial charge in [-0.25, -0.2) is 0 Å². The average molecular weight is 126 g/mol. The van der Waals surface area contributed by atoms with Gasteiger partial charge >= 0.3 is 0 Å². The number of hydrogen-bond donors (Lipinski definition) is 0. The largest absolute Gasteiger partial charge is 0.499 e. The Morgan fingerprint density at radius 1 is 1.78 bits per heavy atom. The first kappa shape index (κ1) is 6.66. The molecule has 2 atom stereocenters. The normalized spacial score (nSPS) is 31.8. The van der Waals surface area contributed by atoms with Crippen molar-refractivity contribution in [1.82, 2.24) is 0 Å². The highest BCUT2D eigenvalue weighted by atomic mass is 16.5. The van der Waals surface area contributed by atoms with E-state index in [0.29, 0.717) is 5.92 Å². The highest BCUT2D eigenvalue weighted by molar-refractivity contribution is 5.03. The van der Waals surface area contributed by atoms with Gasteiger partial charge in [-0.1, -0.05) is 13.5 Å². The molecule has 0 N–H and O–H groups in total. The minimum atomic E-state index is 0.671. The van der Waals surface area contributed by atoms with Gasteiger partial charge < -0.3 is 4.74 Å². The van der Waals surface area contributed by atoms with Crippen molar-refractivity contribution in [3.63, 3.8) is 0 Å². The zero-order chi connectivity index (χ0) is 6.85. The van der Waals surface area contributed by atoms with Gasteiger partial charge in [-0.2, -0.15) is 0 Å². The second-order valence-electron chi connectivity index (χ2n) is 2.72. The molecule has 1 rings (SSSR count). The standard InChI is InChI=1S/C8H14O/c1-4-9-7(3)8-5-6(8)2/h6,8H,3-5H2,1-2H3/t6-,8-/m1/s1. The molecule has 0 saturated heterocycles. The van der Waals surface area contributed by atoms with Gasteiger partial charge in [0.2, 0.25) is 0 Å². The lowest BCUT2D eigenvalue weighted by molar-refractivity contribution is 0.212. The van der Waals surface area contributed by atoms with Gasteiger partial charge in [-0.15, -0.1) is 0 Å². The molecule has 0 amide bonds. The lowest BCUT2D eigenvalue weighted by Crippen LogP contribution is -1.92. The van der Waals surface area contributed by atoms with Crippen LogP contribution in [0.2, 0.25) is 0 Å². The van der Waals surface area contributed by atoms with Gasteiger partial charge in [-0.05, 0) is 19.3 Å². The molecular weight excluding hydrogens is 112 g/mol. The molecule has 52 valence electrons. The van der Waals surface area contributed by atoms with Crippen LogP contribution in [0.15, 0.2) is 12.3 Å². The molecule has 1 heteroatoms. The average Bonchev–Trinajstić information content (AvgIpc) is 2.47. The Labute approximate surface area is 56.7 Å². The summed E-state index contributed by atoms with van der Waals surface area (Å²) in [5.41, 5.74) is 0. The van der Waals surface area contributed by atoms with Crippen molar-refractivity contribution in [3.8, 4) is 0 Å². The highest BCUT2D eigenvalue weighted by Gasteiger charge is 2.35. The van der Waals surface area contributed by atoms with Gasteiger partial charge in [0.1, 0.15) is 0 Å². The molecule has 0 bridgehead atoms. The van der Waals surface area contributed by atoms with E-state index in [1.807, 2.05) is 6.92 Å². The van der Waals surface area contributed by atoms with Gasteiger partial charge in [0.05, 0.1) is 12.4 Å². The quantitative estimate of drug-likeness (QED) is 0.527. The van der Waals surface area contributed by atoms with Crippen LogP contribution in [-0.2, 0) is 4.74 Å². The summed E-state index contributed by atoms with van der Waals surface area (Å²) in [6.07, 6.45) is 1.28. The molecule has 1 nitrogen and oxygen atoms in total. The minimum absolute atomic E-state index is 0.671. The Bertz CT molecular complexity index is 118. The monoisotopic (exact) mass is 126 g/mol. The van der Waals surface area contributed by atoms with Gasteiger partial charge in [-0.3, -0.25) is 0 Å². The minimum Gasteiger partial charge on any atom is -0.499 e. The third kappa shape index (κ3) is 1.47. The van der Waals surface area contributed by atoms with Crippen molar-refractivity contribution in [2.45, 2.75) is 20.3 Å². The van der Waals surface area contributed by atoms with Gasteiger partial charge in [0.25, 0.3) is 0 Å². The van der Waals surface area contributed by atoms with E-state index in [-0.39, 0.29) is 0 Å². The van der Waals surface area contributed by atoms with Crippen LogP contribution in [0.1, 0.15) is 20.3 Å². The van der Waals surface area contributed by atoms with Gasteiger partial charge in [0, 0.05) is 5.92 Å². The maximum atomic E-state index is 5.24. The van der Waals surface area contributed by atoms with Crippen LogP contribution < -0.4 is 0 Å². The Hall–Kier alpha value is -0.460. The van der Waals surface area contributed by atoms with Crippen LogP contribution in [-0.4, -0.2) is 6.61 Å². The molecule has 1 aliphatic carbocycles.